The molecule has 0 bridgehead atoms. The zero-order valence-electron chi connectivity index (χ0n) is 10.1. The number of hydrogen-bond donors (Lipinski definition) is 1. The number of pyridine rings is 1. The average Bonchev–Trinajstić information content (AvgIpc) is 2.45. The third-order valence-electron chi connectivity index (χ3n) is 3.15. The topological polar surface area (TPSA) is 66.8 Å². The van der Waals surface area contributed by atoms with Crippen molar-refractivity contribution in [3.8, 4) is 5.88 Å². The van der Waals surface area contributed by atoms with Crippen molar-refractivity contribution in [3.63, 3.8) is 0 Å². The number of nitrogens with one attached hydrogen (secondary N) is 1. The monoisotopic (exact) mass is 246 g/mol. The highest BCUT2D eigenvalue weighted by Crippen LogP contribution is 2.32. The summed E-state index contributed by atoms with van der Waals surface area (Å²) >= 11 is 0. The first-order chi connectivity index (χ1) is 8.79. The zero-order chi connectivity index (χ0) is 12.5. The summed E-state index contributed by atoms with van der Waals surface area (Å²) in [6.07, 6.45) is 1.92. The molecule has 6 nitrogen and oxygen atoms in total. The van der Waals surface area contributed by atoms with Crippen molar-refractivity contribution in [1.29, 1.82) is 0 Å². The van der Waals surface area contributed by atoms with Gasteiger partial charge in [-0.05, 0) is 12.1 Å². The minimum absolute atomic E-state index is 0.180. The summed E-state index contributed by atoms with van der Waals surface area (Å²) in [6, 6.07) is 3.78. The maximum Gasteiger partial charge on any atom is 0.269 e. The number of fused-ring (bicyclic) bond motifs is 3. The molecule has 1 N–H and O–H groups in total. The molecule has 1 atom stereocenters. The van der Waals surface area contributed by atoms with E-state index >= 15 is 0 Å². The fraction of sp³-hybridized carbons (Fsp3) is 0.417. The number of anilines is 1. The molecule has 1 aromatic heterocycles. The molecule has 2 aliphatic rings. The number of aromatic nitrogens is 1. The molecular weight excluding hydrogens is 232 g/mol. The standard InChI is InChI=1S/C12H14N4O2/c1-13-11(17)9-2-3-10-12(15-9)18-7-8-6-14-4-5-16(8)10/h2-3,6,8H,4-5,7H2,1H3,(H,13,17)/t8-/m1/s1. The van der Waals surface area contributed by atoms with Gasteiger partial charge in [0, 0.05) is 19.8 Å². The highest BCUT2D eigenvalue weighted by atomic mass is 16.5. The van der Waals surface area contributed by atoms with Crippen LogP contribution in [-0.4, -0.2) is 49.9 Å². The van der Waals surface area contributed by atoms with Crippen molar-refractivity contribution in [3.05, 3.63) is 17.8 Å². The normalized spacial score (nSPS) is 20.7. The van der Waals surface area contributed by atoms with E-state index in [9.17, 15) is 4.79 Å². The van der Waals surface area contributed by atoms with Gasteiger partial charge in [0.2, 0.25) is 5.88 Å². The lowest BCUT2D eigenvalue weighted by Gasteiger charge is -2.37. The second-order valence-corrected chi connectivity index (χ2v) is 4.23. The highest BCUT2D eigenvalue weighted by Gasteiger charge is 2.29. The van der Waals surface area contributed by atoms with Crippen LogP contribution in [0, 0.1) is 0 Å². The van der Waals surface area contributed by atoms with Gasteiger partial charge in [-0.1, -0.05) is 0 Å². The number of amides is 1. The quantitative estimate of drug-likeness (QED) is 0.762. The molecular formula is C12H14N4O2. The lowest BCUT2D eigenvalue weighted by atomic mass is 10.1. The van der Waals surface area contributed by atoms with Crippen molar-refractivity contribution < 1.29 is 9.53 Å². The number of hydrogen-bond acceptors (Lipinski definition) is 5. The predicted molar refractivity (Wildman–Crippen MR) is 67.6 cm³/mol. The molecule has 0 aromatic carbocycles. The molecule has 0 spiro atoms. The number of ether oxygens (including phenoxy) is 1. The molecule has 3 heterocycles. The average molecular weight is 246 g/mol. The van der Waals surface area contributed by atoms with Gasteiger partial charge in [0.25, 0.3) is 5.91 Å². The Morgan fingerprint density at radius 3 is 3.28 bits per heavy atom. The molecule has 6 heteroatoms. The fourth-order valence-electron chi connectivity index (χ4n) is 2.22. The maximum atomic E-state index is 11.5. The van der Waals surface area contributed by atoms with Crippen LogP contribution in [0.4, 0.5) is 5.69 Å². The van der Waals surface area contributed by atoms with E-state index < -0.39 is 0 Å². The Bertz CT molecular complexity index is 515. The van der Waals surface area contributed by atoms with Crippen LogP contribution in [0.3, 0.4) is 0 Å². The third kappa shape index (κ3) is 1.70. The molecule has 0 unspecified atom stereocenters. The molecule has 0 fully saturated rings. The van der Waals surface area contributed by atoms with Crippen LogP contribution < -0.4 is 15.0 Å². The molecule has 2 aliphatic heterocycles. The van der Waals surface area contributed by atoms with Crippen LogP contribution in [0.15, 0.2) is 17.1 Å². The van der Waals surface area contributed by atoms with Gasteiger partial charge in [0.1, 0.15) is 18.0 Å². The molecule has 0 radical (unpaired) electrons. The second-order valence-electron chi connectivity index (χ2n) is 4.23. The van der Waals surface area contributed by atoms with Crippen molar-refractivity contribution in [2.75, 3.05) is 31.6 Å². The van der Waals surface area contributed by atoms with E-state index in [0.29, 0.717) is 18.2 Å². The van der Waals surface area contributed by atoms with Gasteiger partial charge in [0.15, 0.2) is 0 Å². The van der Waals surface area contributed by atoms with Crippen LogP contribution in [0.2, 0.25) is 0 Å². The Morgan fingerprint density at radius 1 is 1.56 bits per heavy atom. The summed E-state index contributed by atoms with van der Waals surface area (Å²) < 4.78 is 5.60. The summed E-state index contributed by atoms with van der Waals surface area (Å²) in [4.78, 5) is 22.2. The Kier molecular flexibility index (Phi) is 2.62. The zero-order valence-corrected chi connectivity index (χ0v) is 10.1. The first-order valence-electron chi connectivity index (χ1n) is 5.92. The van der Waals surface area contributed by atoms with Gasteiger partial charge < -0.3 is 15.0 Å². The second kappa shape index (κ2) is 4.29. The van der Waals surface area contributed by atoms with E-state index in [1.54, 1.807) is 13.1 Å². The Labute approximate surface area is 105 Å². The number of aliphatic imine (C=N–C) groups is 1. The van der Waals surface area contributed by atoms with Crippen LogP contribution >= 0.6 is 0 Å². The molecule has 18 heavy (non-hydrogen) atoms. The smallest absolute Gasteiger partial charge is 0.269 e. The first kappa shape index (κ1) is 11.0. The number of carbonyl (C=O) groups is 1. The van der Waals surface area contributed by atoms with Crippen LogP contribution in [0.1, 0.15) is 10.5 Å². The first-order valence-corrected chi connectivity index (χ1v) is 5.92. The summed E-state index contributed by atoms with van der Waals surface area (Å²) in [5.74, 6) is 0.325. The Morgan fingerprint density at radius 2 is 2.44 bits per heavy atom. The summed E-state index contributed by atoms with van der Waals surface area (Å²) in [6.45, 7) is 2.17. The molecule has 94 valence electrons. The highest BCUT2D eigenvalue weighted by molar-refractivity contribution is 5.92. The molecule has 3 rings (SSSR count). The third-order valence-corrected chi connectivity index (χ3v) is 3.15. The van der Waals surface area contributed by atoms with Crippen LogP contribution in [0.5, 0.6) is 5.88 Å². The number of carbonyl (C=O) groups excluding carboxylic acids is 1. The summed E-state index contributed by atoms with van der Waals surface area (Å²) in [7, 11) is 1.58. The fourth-order valence-corrected chi connectivity index (χ4v) is 2.22. The lowest BCUT2D eigenvalue weighted by molar-refractivity contribution is 0.0957. The van der Waals surface area contributed by atoms with Gasteiger partial charge in [-0.15, -0.1) is 0 Å². The molecule has 0 saturated carbocycles. The van der Waals surface area contributed by atoms with Crippen LogP contribution in [-0.2, 0) is 0 Å². The van der Waals surface area contributed by atoms with Gasteiger partial charge in [-0.25, -0.2) is 4.98 Å². The van der Waals surface area contributed by atoms with Crippen molar-refractivity contribution in [2.45, 2.75) is 6.04 Å². The van der Waals surface area contributed by atoms with Crippen molar-refractivity contribution >= 4 is 17.8 Å². The van der Waals surface area contributed by atoms with Gasteiger partial charge >= 0.3 is 0 Å². The number of nitrogens with zero attached hydrogens (tertiary/aromatic N) is 3. The minimum Gasteiger partial charge on any atom is -0.474 e. The number of rotatable bonds is 1. The Hall–Kier alpha value is -2.11. The van der Waals surface area contributed by atoms with E-state index in [1.165, 1.54) is 0 Å². The predicted octanol–water partition coefficient (Wildman–Crippen LogP) is 0.0930. The molecule has 0 aliphatic carbocycles. The van der Waals surface area contributed by atoms with E-state index in [1.807, 2.05) is 12.3 Å². The van der Waals surface area contributed by atoms with E-state index in [0.717, 1.165) is 18.8 Å². The van der Waals surface area contributed by atoms with Crippen molar-refractivity contribution in [2.24, 2.45) is 4.99 Å². The van der Waals surface area contributed by atoms with E-state index in [-0.39, 0.29) is 11.9 Å². The van der Waals surface area contributed by atoms with E-state index in [4.69, 9.17) is 4.74 Å². The van der Waals surface area contributed by atoms with Crippen molar-refractivity contribution in [1.82, 2.24) is 10.3 Å². The SMILES string of the molecule is CNC(=O)c1ccc2c(n1)OC[C@H]1C=NCCN21. The maximum absolute atomic E-state index is 11.5. The van der Waals surface area contributed by atoms with Gasteiger partial charge in [-0.3, -0.25) is 9.79 Å². The lowest BCUT2D eigenvalue weighted by Crippen LogP contribution is -2.48. The minimum atomic E-state index is -0.205. The van der Waals surface area contributed by atoms with Gasteiger partial charge in [0.05, 0.1) is 12.6 Å². The molecule has 0 saturated heterocycles. The summed E-state index contributed by atoms with van der Waals surface area (Å²) in [5, 5.41) is 2.55. The molecule has 1 aromatic rings. The Balaban J connectivity index is 1.97. The van der Waals surface area contributed by atoms with Crippen LogP contribution in [0.25, 0.3) is 0 Å². The molecule has 1 amide bonds. The van der Waals surface area contributed by atoms with Gasteiger partial charge in [-0.2, -0.15) is 0 Å². The largest absolute Gasteiger partial charge is 0.474 e. The van der Waals surface area contributed by atoms with E-state index in [2.05, 4.69) is 20.2 Å². The summed E-state index contributed by atoms with van der Waals surface area (Å²) in [5.41, 5.74) is 1.31.